The van der Waals surface area contributed by atoms with Crippen LogP contribution in [-0.2, 0) is 0 Å². The molecule has 0 spiro atoms. The van der Waals surface area contributed by atoms with Crippen LogP contribution < -0.4 is 10.9 Å². The van der Waals surface area contributed by atoms with E-state index in [4.69, 9.17) is 0 Å². The highest BCUT2D eigenvalue weighted by atomic mass is 16.2. The number of pyridine rings is 1. The van der Waals surface area contributed by atoms with E-state index in [2.05, 4.69) is 20.3 Å². The van der Waals surface area contributed by atoms with Crippen molar-refractivity contribution in [2.75, 3.05) is 0 Å². The average molecular weight is 334 g/mol. The lowest BCUT2D eigenvalue weighted by atomic mass is 10.1. The van der Waals surface area contributed by atoms with Gasteiger partial charge in [0.05, 0.1) is 6.04 Å². The Hall–Kier alpha value is -3.02. The van der Waals surface area contributed by atoms with E-state index in [1.807, 2.05) is 25.1 Å². The molecule has 1 aliphatic rings. The predicted molar refractivity (Wildman–Crippen MR) is 94.3 cm³/mol. The summed E-state index contributed by atoms with van der Waals surface area (Å²) in [5.41, 5.74) is 0.851. The zero-order valence-corrected chi connectivity index (χ0v) is 13.8. The van der Waals surface area contributed by atoms with Crippen molar-refractivity contribution in [3.8, 4) is 0 Å². The van der Waals surface area contributed by atoms with Crippen LogP contribution in [0.3, 0.4) is 0 Å². The van der Waals surface area contributed by atoms with Crippen LogP contribution >= 0.6 is 0 Å². The molecule has 0 radical (unpaired) electrons. The smallest absolute Gasteiger partial charge is 0.268 e. The van der Waals surface area contributed by atoms with Crippen LogP contribution in [0.25, 0.3) is 10.8 Å². The standard InChI is InChI=1S/C19H18N4O2/c1-11-8-9-20-17(21-11)16(12-6-7-12)23-19(25)15-10-13-4-2-3-5-14(13)18(24)22-15/h2-5,8-10,12,16H,6-7H2,1H3,(H,22,24)(H,23,25). The summed E-state index contributed by atoms with van der Waals surface area (Å²) >= 11 is 0. The van der Waals surface area contributed by atoms with Gasteiger partial charge in [-0.05, 0) is 49.3 Å². The van der Waals surface area contributed by atoms with Gasteiger partial charge in [-0.25, -0.2) is 9.97 Å². The number of rotatable bonds is 4. The molecule has 0 bridgehead atoms. The Kier molecular flexibility index (Phi) is 3.80. The van der Waals surface area contributed by atoms with E-state index in [-0.39, 0.29) is 23.2 Å². The molecular formula is C19H18N4O2. The van der Waals surface area contributed by atoms with Crippen molar-refractivity contribution in [1.29, 1.82) is 0 Å². The summed E-state index contributed by atoms with van der Waals surface area (Å²) in [6.07, 6.45) is 3.78. The number of aromatic amines is 1. The number of carbonyl (C=O) groups excluding carboxylic acids is 1. The molecule has 1 saturated carbocycles. The molecule has 1 fully saturated rings. The van der Waals surface area contributed by atoms with Crippen LogP contribution in [0.1, 0.15) is 40.9 Å². The lowest BCUT2D eigenvalue weighted by molar-refractivity contribution is 0.0924. The van der Waals surface area contributed by atoms with Crippen LogP contribution in [0.15, 0.2) is 47.4 Å². The van der Waals surface area contributed by atoms with Gasteiger partial charge in [-0.2, -0.15) is 0 Å². The fourth-order valence-electron chi connectivity index (χ4n) is 2.99. The first-order chi connectivity index (χ1) is 12.1. The van der Waals surface area contributed by atoms with Gasteiger partial charge in [0.1, 0.15) is 5.69 Å². The fourth-order valence-corrected chi connectivity index (χ4v) is 2.99. The van der Waals surface area contributed by atoms with E-state index < -0.39 is 0 Å². The van der Waals surface area contributed by atoms with Crippen molar-refractivity contribution in [2.24, 2.45) is 5.92 Å². The molecule has 1 atom stereocenters. The first kappa shape index (κ1) is 15.5. The maximum atomic E-state index is 12.7. The average Bonchev–Trinajstić information content (AvgIpc) is 3.44. The third-order valence-corrected chi connectivity index (χ3v) is 4.47. The number of aromatic nitrogens is 3. The van der Waals surface area contributed by atoms with Gasteiger partial charge in [-0.3, -0.25) is 9.59 Å². The van der Waals surface area contributed by atoms with Crippen molar-refractivity contribution >= 4 is 16.7 Å². The summed E-state index contributed by atoms with van der Waals surface area (Å²) in [6, 6.07) is 10.5. The van der Waals surface area contributed by atoms with E-state index in [9.17, 15) is 9.59 Å². The SMILES string of the molecule is Cc1ccnc(C(NC(=O)c2cc3ccccc3c(=O)[nH]2)C2CC2)n1. The molecule has 4 rings (SSSR count). The Morgan fingerprint density at radius 3 is 2.84 bits per heavy atom. The number of hydrogen-bond acceptors (Lipinski definition) is 4. The van der Waals surface area contributed by atoms with Gasteiger partial charge in [0.2, 0.25) is 0 Å². The van der Waals surface area contributed by atoms with E-state index in [0.717, 1.165) is 23.9 Å². The van der Waals surface area contributed by atoms with Gasteiger partial charge in [0, 0.05) is 17.3 Å². The van der Waals surface area contributed by atoms with Crippen molar-refractivity contribution in [1.82, 2.24) is 20.3 Å². The lowest BCUT2D eigenvalue weighted by Gasteiger charge is -2.17. The minimum Gasteiger partial charge on any atom is -0.340 e. The molecule has 6 nitrogen and oxygen atoms in total. The number of H-pyrrole nitrogens is 1. The third kappa shape index (κ3) is 3.15. The summed E-state index contributed by atoms with van der Waals surface area (Å²) in [6.45, 7) is 1.90. The molecule has 0 saturated heterocycles. The molecule has 1 unspecified atom stereocenters. The Labute approximate surface area is 144 Å². The first-order valence-electron chi connectivity index (χ1n) is 8.34. The summed E-state index contributed by atoms with van der Waals surface area (Å²) < 4.78 is 0. The van der Waals surface area contributed by atoms with Crippen LogP contribution in [-0.4, -0.2) is 20.9 Å². The van der Waals surface area contributed by atoms with Crippen LogP contribution in [0.2, 0.25) is 0 Å². The fraction of sp³-hybridized carbons (Fsp3) is 0.263. The van der Waals surface area contributed by atoms with Crippen LogP contribution in [0.4, 0.5) is 0 Å². The van der Waals surface area contributed by atoms with Gasteiger partial charge in [-0.1, -0.05) is 18.2 Å². The van der Waals surface area contributed by atoms with E-state index >= 15 is 0 Å². The zero-order valence-electron chi connectivity index (χ0n) is 13.8. The largest absolute Gasteiger partial charge is 0.340 e. The summed E-state index contributed by atoms with van der Waals surface area (Å²) in [5.74, 6) is 0.654. The Balaban J connectivity index is 1.65. The van der Waals surface area contributed by atoms with E-state index in [0.29, 0.717) is 17.1 Å². The summed E-state index contributed by atoms with van der Waals surface area (Å²) in [4.78, 5) is 36.3. The van der Waals surface area contributed by atoms with E-state index in [1.165, 1.54) is 0 Å². The zero-order chi connectivity index (χ0) is 17.4. The van der Waals surface area contributed by atoms with Crippen molar-refractivity contribution in [2.45, 2.75) is 25.8 Å². The second-order valence-corrected chi connectivity index (χ2v) is 6.44. The van der Waals surface area contributed by atoms with Crippen molar-refractivity contribution < 1.29 is 4.79 Å². The first-order valence-corrected chi connectivity index (χ1v) is 8.34. The summed E-state index contributed by atoms with van der Waals surface area (Å²) in [7, 11) is 0. The number of nitrogens with zero attached hydrogens (tertiary/aromatic N) is 2. The summed E-state index contributed by atoms with van der Waals surface area (Å²) in [5, 5.41) is 4.31. The number of benzene rings is 1. The van der Waals surface area contributed by atoms with Crippen molar-refractivity contribution in [3.05, 3.63) is 70.2 Å². The van der Waals surface area contributed by atoms with Crippen LogP contribution in [0, 0.1) is 12.8 Å². The Bertz CT molecular complexity index is 1010. The molecule has 3 aromatic rings. The normalized spacial score (nSPS) is 15.1. The molecule has 2 N–H and O–H groups in total. The number of hydrogen-bond donors (Lipinski definition) is 2. The van der Waals surface area contributed by atoms with Gasteiger partial charge in [0.15, 0.2) is 5.82 Å². The second kappa shape index (κ2) is 6.12. The quantitative estimate of drug-likeness (QED) is 0.767. The number of amides is 1. The molecule has 0 aliphatic heterocycles. The molecule has 2 heterocycles. The second-order valence-electron chi connectivity index (χ2n) is 6.44. The van der Waals surface area contributed by atoms with Crippen molar-refractivity contribution in [3.63, 3.8) is 0 Å². The maximum absolute atomic E-state index is 12.7. The van der Waals surface area contributed by atoms with Gasteiger partial charge >= 0.3 is 0 Å². The highest BCUT2D eigenvalue weighted by molar-refractivity contribution is 5.96. The molecule has 1 aromatic carbocycles. The number of nitrogens with one attached hydrogen (secondary N) is 2. The predicted octanol–water partition coefficient (Wildman–Crippen LogP) is 2.51. The minimum atomic E-state index is -0.315. The number of carbonyl (C=O) groups is 1. The molecule has 1 amide bonds. The molecule has 25 heavy (non-hydrogen) atoms. The molecule has 1 aliphatic carbocycles. The number of aryl methyl sites for hydroxylation is 1. The third-order valence-electron chi connectivity index (χ3n) is 4.47. The van der Waals surface area contributed by atoms with Gasteiger partial charge in [0.25, 0.3) is 11.5 Å². The lowest BCUT2D eigenvalue weighted by Crippen LogP contribution is -2.32. The Morgan fingerprint density at radius 2 is 2.08 bits per heavy atom. The van der Waals surface area contributed by atoms with Gasteiger partial charge in [-0.15, -0.1) is 0 Å². The molecule has 2 aromatic heterocycles. The van der Waals surface area contributed by atoms with Gasteiger partial charge < -0.3 is 10.3 Å². The molecule has 126 valence electrons. The highest BCUT2D eigenvalue weighted by Gasteiger charge is 2.35. The Morgan fingerprint density at radius 1 is 1.28 bits per heavy atom. The number of fused-ring (bicyclic) bond motifs is 1. The molecule has 6 heteroatoms. The highest BCUT2D eigenvalue weighted by Crippen LogP contribution is 2.40. The van der Waals surface area contributed by atoms with E-state index in [1.54, 1.807) is 24.4 Å². The monoisotopic (exact) mass is 334 g/mol. The molecular weight excluding hydrogens is 316 g/mol. The van der Waals surface area contributed by atoms with Crippen LogP contribution in [0.5, 0.6) is 0 Å². The maximum Gasteiger partial charge on any atom is 0.268 e. The minimum absolute atomic E-state index is 0.234. The topological polar surface area (TPSA) is 87.7 Å².